The van der Waals surface area contributed by atoms with Gasteiger partial charge < -0.3 is 4.90 Å². The fourth-order valence-electron chi connectivity index (χ4n) is 1.90. The van der Waals surface area contributed by atoms with Crippen molar-refractivity contribution in [2.24, 2.45) is 0 Å². The number of hydrogen-bond acceptors (Lipinski definition) is 1. The molecule has 1 aliphatic heterocycles. The van der Waals surface area contributed by atoms with E-state index in [2.05, 4.69) is 0 Å². The molecule has 1 heterocycles. The molecule has 1 aromatic carbocycles. The van der Waals surface area contributed by atoms with Gasteiger partial charge in [0.1, 0.15) is 5.83 Å². The van der Waals surface area contributed by atoms with Crippen molar-refractivity contribution in [1.82, 2.24) is 4.90 Å². The molecule has 1 aromatic rings. The highest BCUT2D eigenvalue weighted by atomic mass is 19.1. The fourth-order valence-corrected chi connectivity index (χ4v) is 1.90. The zero-order valence-electron chi connectivity index (χ0n) is 9.19. The fraction of sp³-hybridized carbons (Fsp3) is 0.308. The molecule has 0 spiro atoms. The van der Waals surface area contributed by atoms with Gasteiger partial charge in [0, 0.05) is 13.5 Å². The third kappa shape index (κ3) is 2.13. The SMILES string of the molecule is CN1C(=O)CC=C(F)[C@H]1Cc1ccccc1. The van der Waals surface area contributed by atoms with E-state index in [9.17, 15) is 9.18 Å². The maximum Gasteiger partial charge on any atom is 0.226 e. The van der Waals surface area contributed by atoms with Gasteiger partial charge in [-0.05, 0) is 18.1 Å². The lowest BCUT2D eigenvalue weighted by Gasteiger charge is -2.30. The lowest BCUT2D eigenvalue weighted by atomic mass is 10.0. The average molecular weight is 219 g/mol. The molecular formula is C13H14FNO. The molecule has 1 amide bonds. The van der Waals surface area contributed by atoms with Crippen LogP contribution >= 0.6 is 0 Å². The van der Waals surface area contributed by atoms with Crippen LogP contribution in [0.2, 0.25) is 0 Å². The van der Waals surface area contributed by atoms with Gasteiger partial charge in [-0.2, -0.15) is 0 Å². The number of nitrogens with zero attached hydrogens (tertiary/aromatic N) is 1. The van der Waals surface area contributed by atoms with E-state index in [1.807, 2.05) is 30.3 Å². The van der Waals surface area contributed by atoms with Crippen LogP contribution in [-0.4, -0.2) is 23.9 Å². The lowest BCUT2D eigenvalue weighted by molar-refractivity contribution is -0.131. The van der Waals surface area contributed by atoms with E-state index in [4.69, 9.17) is 0 Å². The number of carbonyl (C=O) groups is 1. The predicted octanol–water partition coefficient (Wildman–Crippen LogP) is 2.31. The van der Waals surface area contributed by atoms with E-state index in [0.29, 0.717) is 6.42 Å². The first-order valence-electron chi connectivity index (χ1n) is 5.33. The number of carbonyl (C=O) groups excluding carboxylic acids is 1. The van der Waals surface area contributed by atoms with E-state index in [-0.39, 0.29) is 18.2 Å². The van der Waals surface area contributed by atoms with Gasteiger partial charge in [-0.3, -0.25) is 4.79 Å². The molecule has 2 rings (SSSR count). The minimum absolute atomic E-state index is 0.0256. The van der Waals surface area contributed by atoms with Crippen LogP contribution in [0.3, 0.4) is 0 Å². The zero-order chi connectivity index (χ0) is 11.5. The van der Waals surface area contributed by atoms with Crippen molar-refractivity contribution in [3.05, 3.63) is 47.8 Å². The van der Waals surface area contributed by atoms with Crippen LogP contribution in [0.15, 0.2) is 42.2 Å². The first kappa shape index (κ1) is 10.9. The summed E-state index contributed by atoms with van der Waals surface area (Å²) >= 11 is 0. The largest absolute Gasteiger partial charge is 0.336 e. The zero-order valence-corrected chi connectivity index (χ0v) is 9.19. The summed E-state index contributed by atoms with van der Waals surface area (Å²) in [6.07, 6.45) is 2.09. The first-order valence-corrected chi connectivity index (χ1v) is 5.33. The molecule has 2 nitrogen and oxygen atoms in total. The Morgan fingerprint density at radius 1 is 1.38 bits per heavy atom. The summed E-state index contributed by atoms with van der Waals surface area (Å²) < 4.78 is 13.6. The highest BCUT2D eigenvalue weighted by molar-refractivity contribution is 5.79. The van der Waals surface area contributed by atoms with Crippen LogP contribution in [0.1, 0.15) is 12.0 Å². The van der Waals surface area contributed by atoms with Crippen LogP contribution in [0.25, 0.3) is 0 Å². The molecule has 16 heavy (non-hydrogen) atoms. The standard InChI is InChI=1S/C13H14FNO/c1-15-12(11(14)7-8-13(15)16)9-10-5-3-2-4-6-10/h2-7,12H,8-9H2,1H3/t12-/m1/s1. The van der Waals surface area contributed by atoms with Gasteiger partial charge in [0.05, 0.1) is 6.04 Å². The van der Waals surface area contributed by atoms with Crippen molar-refractivity contribution in [2.75, 3.05) is 7.05 Å². The van der Waals surface area contributed by atoms with Crippen molar-refractivity contribution in [1.29, 1.82) is 0 Å². The minimum Gasteiger partial charge on any atom is -0.336 e. The highest BCUT2D eigenvalue weighted by Crippen LogP contribution is 2.22. The van der Waals surface area contributed by atoms with Crippen molar-refractivity contribution < 1.29 is 9.18 Å². The van der Waals surface area contributed by atoms with Gasteiger partial charge in [-0.15, -0.1) is 0 Å². The summed E-state index contributed by atoms with van der Waals surface area (Å²) in [4.78, 5) is 12.9. The number of benzene rings is 1. The Kier molecular flexibility index (Phi) is 3.04. The second-order valence-electron chi connectivity index (χ2n) is 4.00. The van der Waals surface area contributed by atoms with Gasteiger partial charge in [0.15, 0.2) is 0 Å². The third-order valence-electron chi connectivity index (χ3n) is 2.92. The Hall–Kier alpha value is -1.64. The van der Waals surface area contributed by atoms with Crippen LogP contribution < -0.4 is 0 Å². The maximum atomic E-state index is 13.6. The maximum absolute atomic E-state index is 13.6. The lowest BCUT2D eigenvalue weighted by Crippen LogP contribution is -2.41. The topological polar surface area (TPSA) is 20.3 Å². The summed E-state index contributed by atoms with van der Waals surface area (Å²) in [5.74, 6) is -0.228. The van der Waals surface area contributed by atoms with Gasteiger partial charge in [0.2, 0.25) is 5.91 Å². The van der Waals surface area contributed by atoms with E-state index >= 15 is 0 Å². The molecule has 0 N–H and O–H groups in total. The average Bonchev–Trinajstić information content (AvgIpc) is 2.31. The third-order valence-corrected chi connectivity index (χ3v) is 2.92. The molecule has 0 radical (unpaired) electrons. The first-order chi connectivity index (χ1) is 7.68. The predicted molar refractivity (Wildman–Crippen MR) is 60.5 cm³/mol. The summed E-state index contributed by atoms with van der Waals surface area (Å²) in [5.41, 5.74) is 1.04. The Balaban J connectivity index is 2.17. The van der Waals surface area contributed by atoms with Crippen LogP contribution in [0.5, 0.6) is 0 Å². The molecule has 0 aliphatic carbocycles. The van der Waals surface area contributed by atoms with Crippen molar-refractivity contribution >= 4 is 5.91 Å². The van der Waals surface area contributed by atoms with Crippen molar-refractivity contribution in [2.45, 2.75) is 18.9 Å². The molecule has 0 unspecified atom stereocenters. The Morgan fingerprint density at radius 3 is 2.75 bits per heavy atom. The van der Waals surface area contributed by atoms with Crippen molar-refractivity contribution in [3.63, 3.8) is 0 Å². The van der Waals surface area contributed by atoms with Crippen LogP contribution in [-0.2, 0) is 11.2 Å². The monoisotopic (exact) mass is 219 g/mol. The highest BCUT2D eigenvalue weighted by Gasteiger charge is 2.27. The van der Waals surface area contributed by atoms with Gasteiger partial charge in [-0.25, -0.2) is 4.39 Å². The van der Waals surface area contributed by atoms with Crippen LogP contribution in [0, 0.1) is 0 Å². The number of likely N-dealkylation sites (N-methyl/N-ethyl adjacent to an activating group) is 1. The van der Waals surface area contributed by atoms with Gasteiger partial charge >= 0.3 is 0 Å². The number of hydrogen-bond donors (Lipinski definition) is 0. The number of halogens is 1. The quantitative estimate of drug-likeness (QED) is 0.747. The molecule has 0 fully saturated rings. The molecular weight excluding hydrogens is 205 g/mol. The van der Waals surface area contributed by atoms with E-state index in [0.717, 1.165) is 5.56 Å². The molecule has 0 saturated carbocycles. The smallest absolute Gasteiger partial charge is 0.226 e. The Morgan fingerprint density at radius 2 is 2.06 bits per heavy atom. The van der Waals surface area contributed by atoms with Crippen molar-refractivity contribution in [3.8, 4) is 0 Å². The summed E-state index contributed by atoms with van der Waals surface area (Å²) in [6.45, 7) is 0. The van der Waals surface area contributed by atoms with Gasteiger partial charge in [-0.1, -0.05) is 30.3 Å². The molecule has 0 bridgehead atoms. The number of rotatable bonds is 2. The summed E-state index contributed by atoms with van der Waals surface area (Å²) in [5, 5.41) is 0. The summed E-state index contributed by atoms with van der Waals surface area (Å²) in [7, 11) is 1.66. The Labute approximate surface area is 94.4 Å². The second-order valence-corrected chi connectivity index (χ2v) is 4.00. The van der Waals surface area contributed by atoms with E-state index in [1.54, 1.807) is 7.05 Å². The molecule has 0 saturated heterocycles. The van der Waals surface area contributed by atoms with Gasteiger partial charge in [0.25, 0.3) is 0 Å². The molecule has 84 valence electrons. The second kappa shape index (κ2) is 4.47. The van der Waals surface area contributed by atoms with E-state index < -0.39 is 6.04 Å². The Bertz CT molecular complexity index is 413. The number of amides is 1. The van der Waals surface area contributed by atoms with Crippen LogP contribution in [0.4, 0.5) is 4.39 Å². The molecule has 3 heteroatoms. The summed E-state index contributed by atoms with van der Waals surface area (Å²) in [6, 6.07) is 9.21. The molecule has 1 aliphatic rings. The molecule has 1 atom stereocenters. The molecule has 0 aromatic heterocycles. The minimum atomic E-state index is -0.441. The normalized spacial score (nSPS) is 20.9. The van der Waals surface area contributed by atoms with E-state index in [1.165, 1.54) is 11.0 Å².